The summed E-state index contributed by atoms with van der Waals surface area (Å²) >= 11 is 0. The van der Waals surface area contributed by atoms with Crippen molar-refractivity contribution in [3.8, 4) is 0 Å². The van der Waals surface area contributed by atoms with Crippen molar-refractivity contribution in [3.63, 3.8) is 0 Å². The molecule has 0 radical (unpaired) electrons. The van der Waals surface area contributed by atoms with Gasteiger partial charge in [-0.3, -0.25) is 0 Å². The molecule has 11 heteroatoms. The fourth-order valence-electron chi connectivity index (χ4n) is 1.78. The number of rotatable bonds is 3. The lowest BCUT2D eigenvalue weighted by molar-refractivity contribution is -0.209. The molecule has 0 spiro atoms. The highest BCUT2D eigenvalue weighted by molar-refractivity contribution is 4.94. The lowest BCUT2D eigenvalue weighted by atomic mass is 10.1. The quantitative estimate of drug-likeness (QED) is 0.535. The zero-order valence-electron chi connectivity index (χ0n) is 9.84. The molecule has 2 rings (SSSR count). The summed E-state index contributed by atoms with van der Waals surface area (Å²) in [6.45, 7) is -0.582. The largest absolute Gasteiger partial charge is 0.421 e. The number of halogens is 3. The summed E-state index contributed by atoms with van der Waals surface area (Å²) in [6.07, 6.45) is -12.3. The van der Waals surface area contributed by atoms with Crippen LogP contribution in [0, 0.1) is 0 Å². The molecular weight excluding hydrogens is 287 g/mol. The maximum atomic E-state index is 12.3. The average molecular weight is 299 g/mol. The molecule has 1 aliphatic rings. The number of hydrogen-bond donors (Lipinski definition) is 4. The van der Waals surface area contributed by atoms with Crippen molar-refractivity contribution in [2.75, 3.05) is 6.61 Å². The van der Waals surface area contributed by atoms with Crippen LogP contribution in [-0.2, 0) is 4.74 Å². The first-order valence-corrected chi connectivity index (χ1v) is 5.54. The molecule has 1 aromatic rings. The number of alkyl halides is 3. The van der Waals surface area contributed by atoms with Crippen molar-refractivity contribution in [2.24, 2.45) is 0 Å². The van der Waals surface area contributed by atoms with E-state index in [0.29, 0.717) is 0 Å². The summed E-state index contributed by atoms with van der Waals surface area (Å²) in [4.78, 5) is 3.28. The van der Waals surface area contributed by atoms with Crippen molar-refractivity contribution in [2.45, 2.75) is 36.8 Å². The van der Waals surface area contributed by atoms with Gasteiger partial charge in [0, 0.05) is 0 Å². The fourth-order valence-corrected chi connectivity index (χ4v) is 1.78. The van der Waals surface area contributed by atoms with Gasteiger partial charge in [0.05, 0.1) is 6.61 Å². The van der Waals surface area contributed by atoms with E-state index in [-0.39, 0.29) is 0 Å². The van der Waals surface area contributed by atoms with Gasteiger partial charge >= 0.3 is 6.18 Å². The monoisotopic (exact) mass is 299 g/mol. The topological polar surface area (TPSA) is 121 Å². The molecule has 20 heavy (non-hydrogen) atoms. The zero-order valence-corrected chi connectivity index (χ0v) is 9.84. The summed E-state index contributed by atoms with van der Waals surface area (Å²) in [7, 11) is 0. The van der Waals surface area contributed by atoms with Crippen LogP contribution in [0.25, 0.3) is 0 Å². The Hall–Kier alpha value is -1.27. The van der Waals surface area contributed by atoms with Crippen LogP contribution in [0.15, 0.2) is 6.33 Å². The fraction of sp³-hybridized carbons (Fsp3) is 0.778. The molecule has 0 bridgehead atoms. The van der Waals surface area contributed by atoms with Crippen LogP contribution in [0.2, 0.25) is 0 Å². The minimum Gasteiger partial charge on any atom is -0.394 e. The third-order valence-electron chi connectivity index (χ3n) is 2.86. The molecule has 0 aromatic carbocycles. The Labute approximate surface area is 110 Å². The summed E-state index contributed by atoms with van der Waals surface area (Å²) in [5, 5.41) is 40.4. The van der Waals surface area contributed by atoms with Crippen LogP contribution >= 0.6 is 0 Å². The molecule has 0 aliphatic carbocycles. The van der Waals surface area contributed by atoms with Crippen molar-refractivity contribution in [3.05, 3.63) is 12.2 Å². The van der Waals surface area contributed by atoms with E-state index < -0.39 is 49.3 Å². The van der Waals surface area contributed by atoms with E-state index in [1.165, 1.54) is 0 Å². The molecule has 1 aromatic heterocycles. The molecule has 1 saturated heterocycles. The number of aromatic nitrogens is 3. The highest BCUT2D eigenvalue weighted by atomic mass is 19.4. The lowest BCUT2D eigenvalue weighted by Gasteiger charge is -2.14. The van der Waals surface area contributed by atoms with Gasteiger partial charge in [-0.2, -0.15) is 18.3 Å². The van der Waals surface area contributed by atoms with E-state index in [2.05, 4.69) is 10.1 Å². The summed E-state index contributed by atoms with van der Waals surface area (Å²) in [5.74, 6) is -0.907. The van der Waals surface area contributed by atoms with E-state index >= 15 is 0 Å². The second-order valence-electron chi connectivity index (χ2n) is 4.26. The molecular formula is C9H12F3N3O5. The molecule has 1 fully saturated rings. The minimum absolute atomic E-state index is 0.582. The van der Waals surface area contributed by atoms with Crippen LogP contribution in [0.4, 0.5) is 13.2 Å². The van der Waals surface area contributed by atoms with Gasteiger partial charge in [-0.05, 0) is 0 Å². The highest BCUT2D eigenvalue weighted by Gasteiger charge is 2.45. The third-order valence-corrected chi connectivity index (χ3v) is 2.86. The predicted molar refractivity (Wildman–Crippen MR) is 54.0 cm³/mol. The number of ether oxygens (including phenoxy) is 1. The van der Waals surface area contributed by atoms with Crippen molar-refractivity contribution >= 4 is 0 Å². The molecule has 2 heterocycles. The molecule has 1 aliphatic heterocycles. The van der Waals surface area contributed by atoms with Crippen LogP contribution in [-0.4, -0.2) is 66.3 Å². The molecule has 5 atom stereocenters. The Morgan fingerprint density at radius 3 is 2.50 bits per heavy atom. The first-order valence-electron chi connectivity index (χ1n) is 5.54. The van der Waals surface area contributed by atoms with Crippen molar-refractivity contribution < 1.29 is 38.3 Å². The van der Waals surface area contributed by atoms with Crippen LogP contribution in [0.5, 0.6) is 0 Å². The Morgan fingerprint density at radius 1 is 1.35 bits per heavy atom. The normalized spacial score (nSPS) is 32.5. The van der Waals surface area contributed by atoms with Gasteiger partial charge in [-0.15, -0.1) is 0 Å². The van der Waals surface area contributed by atoms with Gasteiger partial charge in [0.1, 0.15) is 24.6 Å². The first-order chi connectivity index (χ1) is 9.25. The van der Waals surface area contributed by atoms with Gasteiger partial charge in [0.25, 0.3) is 0 Å². The van der Waals surface area contributed by atoms with E-state index in [4.69, 9.17) is 14.9 Å². The minimum atomic E-state index is -4.92. The van der Waals surface area contributed by atoms with Crippen LogP contribution in [0.3, 0.4) is 0 Å². The van der Waals surface area contributed by atoms with Gasteiger partial charge in [0.2, 0.25) is 6.10 Å². The van der Waals surface area contributed by atoms with E-state index in [0.717, 1.165) is 11.0 Å². The Morgan fingerprint density at radius 2 is 2.00 bits per heavy atom. The highest BCUT2D eigenvalue weighted by Crippen LogP contribution is 2.32. The average Bonchev–Trinajstić information content (AvgIpc) is 2.95. The molecule has 4 N–H and O–H groups in total. The van der Waals surface area contributed by atoms with Crippen molar-refractivity contribution in [1.29, 1.82) is 0 Å². The van der Waals surface area contributed by atoms with Crippen LogP contribution < -0.4 is 0 Å². The first kappa shape index (κ1) is 15.1. The maximum Gasteiger partial charge on any atom is 0.421 e. The van der Waals surface area contributed by atoms with E-state index in [9.17, 15) is 23.4 Å². The summed E-state index contributed by atoms with van der Waals surface area (Å²) < 4.78 is 42.6. The molecule has 114 valence electrons. The van der Waals surface area contributed by atoms with Gasteiger partial charge < -0.3 is 25.2 Å². The molecule has 8 nitrogen and oxygen atoms in total. The third kappa shape index (κ3) is 2.62. The van der Waals surface area contributed by atoms with Gasteiger partial charge in [0.15, 0.2) is 12.1 Å². The second-order valence-corrected chi connectivity index (χ2v) is 4.26. The van der Waals surface area contributed by atoms with Crippen LogP contribution in [0.1, 0.15) is 18.2 Å². The van der Waals surface area contributed by atoms with Gasteiger partial charge in [-0.25, -0.2) is 9.67 Å². The summed E-state index contributed by atoms with van der Waals surface area (Å²) in [6, 6.07) is 0. The molecule has 0 saturated carbocycles. The maximum absolute atomic E-state index is 12.3. The molecule has 3 unspecified atom stereocenters. The van der Waals surface area contributed by atoms with E-state index in [1.807, 2.05) is 0 Å². The van der Waals surface area contributed by atoms with E-state index in [1.54, 1.807) is 0 Å². The Kier molecular flexibility index (Phi) is 3.97. The summed E-state index contributed by atoms with van der Waals surface area (Å²) in [5.41, 5.74) is 0. The number of aliphatic hydroxyl groups excluding tert-OH is 4. The zero-order chi connectivity index (χ0) is 15.1. The number of aliphatic hydroxyl groups is 4. The van der Waals surface area contributed by atoms with Gasteiger partial charge in [-0.1, -0.05) is 0 Å². The van der Waals surface area contributed by atoms with Crippen molar-refractivity contribution in [1.82, 2.24) is 14.8 Å². The lowest BCUT2D eigenvalue weighted by Crippen LogP contribution is -2.33. The standard InChI is InChI=1S/C9H12F3N3O5/c10-9(11,12)6(19)7-13-2-15(14-7)8-5(18)4(17)3(1-16)20-8/h2-6,8,16-19H,1H2/t3-,4?,5?,6?,8-/m1/s1. The SMILES string of the molecule is OC[C@H]1O[C@@H](n2cnc(C(O)C(F)(F)F)n2)C(O)C1O. The Bertz CT molecular complexity index is 468. The molecule has 0 amide bonds. The number of nitrogens with zero attached hydrogens (tertiary/aromatic N) is 3. The second kappa shape index (κ2) is 5.26. The predicted octanol–water partition coefficient (Wildman–Crippen LogP) is -1.51. The number of hydrogen-bond acceptors (Lipinski definition) is 7. The smallest absolute Gasteiger partial charge is 0.394 e. The Balaban J connectivity index is 2.18.